The number of anilines is 1. The molecule has 1 aromatic carbocycles. The smallest absolute Gasteiger partial charge is 0.227 e. The van der Waals surface area contributed by atoms with Crippen LogP contribution in [-0.2, 0) is 9.59 Å². The fraction of sp³-hybridized carbons (Fsp3) is 0.333. The molecule has 0 aliphatic carbocycles. The maximum atomic E-state index is 11.6. The molecule has 6 heteroatoms. The van der Waals surface area contributed by atoms with Gasteiger partial charge in [0.05, 0.1) is 12.9 Å². The van der Waals surface area contributed by atoms with Crippen LogP contribution in [-0.4, -0.2) is 30.4 Å². The highest BCUT2D eigenvalue weighted by Gasteiger charge is 2.04. The molecule has 0 saturated heterocycles. The van der Waals surface area contributed by atoms with Crippen molar-refractivity contribution in [1.29, 1.82) is 0 Å². The predicted molar refractivity (Wildman–Crippen MR) is 72.8 cm³/mol. The summed E-state index contributed by atoms with van der Waals surface area (Å²) in [5, 5.41) is 2.76. The van der Waals surface area contributed by atoms with Gasteiger partial charge in [-0.3, -0.25) is 9.59 Å². The summed E-state index contributed by atoms with van der Waals surface area (Å²) in [4.78, 5) is 22.1. The molecule has 0 spiro atoms. The summed E-state index contributed by atoms with van der Waals surface area (Å²) in [6.45, 7) is 0. The Labute approximate surface area is 110 Å². The molecule has 3 N–H and O–H groups in total. The number of benzene rings is 1. The lowest BCUT2D eigenvalue weighted by atomic mass is 10.3. The van der Waals surface area contributed by atoms with E-state index in [1.54, 1.807) is 31.4 Å². The number of carbonyl (C=O) groups is 2. The Morgan fingerprint density at radius 2 is 2.22 bits per heavy atom. The molecule has 0 aliphatic rings. The third-order valence-corrected chi connectivity index (χ3v) is 3.05. The van der Waals surface area contributed by atoms with Crippen molar-refractivity contribution in [3.8, 4) is 5.75 Å². The van der Waals surface area contributed by atoms with Crippen LogP contribution in [0, 0.1) is 0 Å². The molecule has 0 radical (unpaired) electrons. The van der Waals surface area contributed by atoms with Gasteiger partial charge in [-0.15, -0.1) is 0 Å². The number of nitrogens with two attached hydrogens (primary N) is 1. The lowest BCUT2D eigenvalue weighted by molar-refractivity contribution is -0.116. The number of thioether (sulfide) groups is 1. The zero-order valence-corrected chi connectivity index (χ0v) is 11.0. The van der Waals surface area contributed by atoms with E-state index in [0.29, 0.717) is 23.6 Å². The summed E-state index contributed by atoms with van der Waals surface area (Å²) in [6.07, 6.45) is 0.342. The molecule has 0 atom stereocenters. The first-order valence-corrected chi connectivity index (χ1v) is 6.57. The highest BCUT2D eigenvalue weighted by atomic mass is 32.2. The second-order valence-corrected chi connectivity index (χ2v) is 4.65. The van der Waals surface area contributed by atoms with Crippen LogP contribution < -0.4 is 15.8 Å². The Bertz CT molecular complexity index is 424. The number of carbonyl (C=O) groups excluding carboxylic acids is 2. The fourth-order valence-corrected chi connectivity index (χ4v) is 1.94. The van der Waals surface area contributed by atoms with Crippen molar-refractivity contribution < 1.29 is 14.3 Å². The first kappa shape index (κ1) is 14.4. The van der Waals surface area contributed by atoms with Crippen molar-refractivity contribution in [2.24, 2.45) is 5.73 Å². The molecule has 0 saturated carbocycles. The van der Waals surface area contributed by atoms with E-state index in [1.807, 2.05) is 0 Å². The van der Waals surface area contributed by atoms with Gasteiger partial charge in [-0.2, -0.15) is 11.8 Å². The van der Waals surface area contributed by atoms with E-state index in [1.165, 1.54) is 11.8 Å². The van der Waals surface area contributed by atoms with Gasteiger partial charge < -0.3 is 15.8 Å². The lowest BCUT2D eigenvalue weighted by Gasteiger charge is -2.06. The number of hydrogen-bond acceptors (Lipinski definition) is 4. The number of methoxy groups -OCH3 is 1. The highest BCUT2D eigenvalue weighted by Crippen LogP contribution is 2.16. The summed E-state index contributed by atoms with van der Waals surface area (Å²) in [6, 6.07) is 7.14. The molecule has 18 heavy (non-hydrogen) atoms. The molecule has 5 nitrogen and oxygen atoms in total. The minimum absolute atomic E-state index is 0.0970. The van der Waals surface area contributed by atoms with Gasteiger partial charge in [0.1, 0.15) is 5.75 Å². The molecule has 0 aromatic heterocycles. The quantitative estimate of drug-likeness (QED) is 0.729. The number of ether oxygens (including phenoxy) is 1. The minimum atomic E-state index is -0.367. The maximum Gasteiger partial charge on any atom is 0.227 e. The van der Waals surface area contributed by atoms with Crippen LogP contribution in [0.1, 0.15) is 6.42 Å². The van der Waals surface area contributed by atoms with Gasteiger partial charge in [0.25, 0.3) is 0 Å². The summed E-state index contributed by atoms with van der Waals surface area (Å²) < 4.78 is 5.05. The normalized spacial score (nSPS) is 9.83. The van der Waals surface area contributed by atoms with E-state index in [9.17, 15) is 9.59 Å². The summed E-state index contributed by atoms with van der Waals surface area (Å²) in [5.74, 6) is 1.04. The molecule has 0 aliphatic heterocycles. The Morgan fingerprint density at radius 1 is 1.44 bits per heavy atom. The van der Waals surface area contributed by atoms with Gasteiger partial charge in [0, 0.05) is 23.9 Å². The molecular formula is C12H16N2O3S. The van der Waals surface area contributed by atoms with Crippen LogP contribution in [0.25, 0.3) is 0 Å². The Kier molecular flexibility index (Phi) is 6.07. The summed E-state index contributed by atoms with van der Waals surface area (Å²) in [7, 11) is 1.57. The van der Waals surface area contributed by atoms with Gasteiger partial charge >= 0.3 is 0 Å². The average molecular weight is 268 g/mol. The lowest BCUT2D eigenvalue weighted by Crippen LogP contribution is -2.15. The largest absolute Gasteiger partial charge is 0.497 e. The monoisotopic (exact) mass is 268 g/mol. The zero-order valence-electron chi connectivity index (χ0n) is 10.1. The van der Waals surface area contributed by atoms with E-state index in [-0.39, 0.29) is 17.6 Å². The second-order valence-electron chi connectivity index (χ2n) is 3.55. The number of rotatable bonds is 7. The van der Waals surface area contributed by atoms with Crippen LogP contribution >= 0.6 is 11.8 Å². The molecule has 0 heterocycles. The molecule has 98 valence electrons. The van der Waals surface area contributed by atoms with Gasteiger partial charge in [0.15, 0.2) is 0 Å². The number of amides is 2. The van der Waals surface area contributed by atoms with Crippen LogP contribution in [0.3, 0.4) is 0 Å². The van der Waals surface area contributed by atoms with Crippen molar-refractivity contribution in [1.82, 2.24) is 0 Å². The highest BCUT2D eigenvalue weighted by molar-refractivity contribution is 7.99. The third-order valence-electron chi connectivity index (χ3n) is 2.07. The van der Waals surface area contributed by atoms with Crippen molar-refractivity contribution in [2.75, 3.05) is 23.9 Å². The van der Waals surface area contributed by atoms with Crippen molar-refractivity contribution in [3.63, 3.8) is 0 Å². The molecule has 2 amide bonds. The summed E-state index contributed by atoms with van der Waals surface area (Å²) >= 11 is 1.35. The SMILES string of the molecule is COc1cccc(NC(=O)CCSCC(N)=O)c1. The van der Waals surface area contributed by atoms with Crippen LogP contribution in [0.15, 0.2) is 24.3 Å². The molecule has 1 rings (SSSR count). The standard InChI is InChI=1S/C12H16N2O3S/c1-17-10-4-2-3-9(7-10)14-12(16)5-6-18-8-11(13)15/h2-4,7H,5-6,8H2,1H3,(H2,13,15)(H,14,16). The number of primary amides is 1. The maximum absolute atomic E-state index is 11.6. The van der Waals surface area contributed by atoms with Crippen molar-refractivity contribution in [3.05, 3.63) is 24.3 Å². The molecule has 1 aromatic rings. The van der Waals surface area contributed by atoms with Crippen molar-refractivity contribution in [2.45, 2.75) is 6.42 Å². The van der Waals surface area contributed by atoms with Crippen LogP contribution in [0.4, 0.5) is 5.69 Å². The Hall–Kier alpha value is -1.69. The Morgan fingerprint density at radius 3 is 2.89 bits per heavy atom. The first-order chi connectivity index (χ1) is 8.61. The molecular weight excluding hydrogens is 252 g/mol. The van der Waals surface area contributed by atoms with E-state index in [4.69, 9.17) is 10.5 Å². The Balaban J connectivity index is 2.33. The molecule has 0 fully saturated rings. The van der Waals surface area contributed by atoms with E-state index >= 15 is 0 Å². The second kappa shape index (κ2) is 7.60. The van der Waals surface area contributed by atoms with Crippen molar-refractivity contribution >= 4 is 29.3 Å². The van der Waals surface area contributed by atoms with E-state index in [2.05, 4.69) is 5.32 Å². The average Bonchev–Trinajstić information content (AvgIpc) is 2.34. The molecule has 0 unspecified atom stereocenters. The summed E-state index contributed by atoms with van der Waals surface area (Å²) in [5.41, 5.74) is 5.68. The van der Waals surface area contributed by atoms with Crippen LogP contribution in [0.5, 0.6) is 5.75 Å². The van der Waals surface area contributed by atoms with Gasteiger partial charge in [-0.25, -0.2) is 0 Å². The predicted octanol–water partition coefficient (Wildman–Crippen LogP) is 1.24. The number of hydrogen-bond donors (Lipinski definition) is 2. The van der Waals surface area contributed by atoms with Crippen LogP contribution in [0.2, 0.25) is 0 Å². The third kappa shape index (κ3) is 5.58. The molecule has 0 bridgehead atoms. The fourth-order valence-electron chi connectivity index (χ4n) is 1.26. The topological polar surface area (TPSA) is 81.4 Å². The zero-order chi connectivity index (χ0) is 13.4. The van der Waals surface area contributed by atoms with Gasteiger partial charge in [-0.05, 0) is 12.1 Å². The first-order valence-electron chi connectivity index (χ1n) is 5.42. The van der Waals surface area contributed by atoms with E-state index < -0.39 is 0 Å². The number of nitrogens with one attached hydrogen (secondary N) is 1. The van der Waals surface area contributed by atoms with Gasteiger partial charge in [-0.1, -0.05) is 6.07 Å². The minimum Gasteiger partial charge on any atom is -0.497 e. The van der Waals surface area contributed by atoms with Gasteiger partial charge in [0.2, 0.25) is 11.8 Å². The van der Waals surface area contributed by atoms with E-state index in [0.717, 1.165) is 0 Å².